The third kappa shape index (κ3) is 3.62. The van der Waals surface area contributed by atoms with Crippen LogP contribution in [0.2, 0.25) is 0 Å². The lowest BCUT2D eigenvalue weighted by Gasteiger charge is -2.24. The van der Waals surface area contributed by atoms with Crippen molar-refractivity contribution >= 4 is 11.6 Å². The molecule has 1 unspecified atom stereocenters. The fourth-order valence-electron chi connectivity index (χ4n) is 2.38. The molecule has 110 valence electrons. The van der Waals surface area contributed by atoms with Crippen LogP contribution in [0.3, 0.4) is 0 Å². The van der Waals surface area contributed by atoms with E-state index in [9.17, 15) is 9.18 Å². The minimum Gasteiger partial charge on any atom is -0.481 e. The van der Waals surface area contributed by atoms with E-state index < -0.39 is 11.9 Å². The van der Waals surface area contributed by atoms with Crippen molar-refractivity contribution in [2.45, 2.75) is 38.7 Å². The van der Waals surface area contributed by atoms with Gasteiger partial charge < -0.3 is 15.4 Å². The van der Waals surface area contributed by atoms with E-state index in [1.807, 2.05) is 4.90 Å². The summed E-state index contributed by atoms with van der Waals surface area (Å²) in [5.74, 6) is -0.242. The first-order chi connectivity index (χ1) is 9.58. The Morgan fingerprint density at radius 3 is 2.55 bits per heavy atom. The zero-order chi connectivity index (χ0) is 14.5. The lowest BCUT2D eigenvalue weighted by Crippen LogP contribution is -2.41. The highest BCUT2D eigenvalue weighted by Gasteiger charge is 2.22. The Labute approximate surface area is 118 Å². The molecule has 1 aliphatic heterocycles. The molecule has 0 aliphatic carbocycles. The Bertz CT molecular complexity index is 471. The normalized spacial score (nSPS) is 17.4. The summed E-state index contributed by atoms with van der Waals surface area (Å²) in [5, 5.41) is 0. The highest BCUT2D eigenvalue weighted by molar-refractivity contribution is 5.80. The van der Waals surface area contributed by atoms with Gasteiger partial charge in [-0.25, -0.2) is 4.39 Å². The summed E-state index contributed by atoms with van der Waals surface area (Å²) >= 11 is 0. The molecule has 0 aromatic heterocycles. The highest BCUT2D eigenvalue weighted by atomic mass is 19.1. The van der Waals surface area contributed by atoms with Gasteiger partial charge in [-0.2, -0.15) is 0 Å². The Morgan fingerprint density at radius 2 is 1.95 bits per heavy atom. The van der Waals surface area contributed by atoms with Crippen LogP contribution >= 0.6 is 0 Å². The molecule has 2 N–H and O–H groups in total. The van der Waals surface area contributed by atoms with Crippen molar-refractivity contribution in [3.63, 3.8) is 0 Å². The van der Waals surface area contributed by atoms with Crippen LogP contribution in [-0.4, -0.2) is 30.0 Å². The molecule has 0 radical (unpaired) electrons. The molecule has 1 aromatic carbocycles. The van der Waals surface area contributed by atoms with Gasteiger partial charge in [-0.05, 0) is 31.9 Å². The minimum absolute atomic E-state index is 0.0378. The molecule has 0 spiro atoms. The molecule has 0 bridgehead atoms. The van der Waals surface area contributed by atoms with Crippen molar-refractivity contribution in [1.29, 1.82) is 0 Å². The Morgan fingerprint density at radius 1 is 1.30 bits per heavy atom. The number of carbonyl (C=O) groups excluding carboxylic acids is 1. The van der Waals surface area contributed by atoms with Gasteiger partial charge in [-0.3, -0.25) is 4.79 Å². The second-order valence-electron chi connectivity index (χ2n) is 5.18. The molecular formula is C15H21FN2O2. The maximum Gasteiger partial charge on any atom is 0.263 e. The highest BCUT2D eigenvalue weighted by Crippen LogP contribution is 2.20. The number of anilines is 1. The third-order valence-corrected chi connectivity index (χ3v) is 3.55. The van der Waals surface area contributed by atoms with Crippen molar-refractivity contribution in [2.24, 2.45) is 0 Å². The summed E-state index contributed by atoms with van der Waals surface area (Å²) in [4.78, 5) is 14.1. The number of ether oxygens (including phenoxy) is 1. The van der Waals surface area contributed by atoms with Crippen LogP contribution in [0.5, 0.6) is 5.75 Å². The number of nitrogens with zero attached hydrogens (tertiary/aromatic N) is 1. The minimum atomic E-state index is -0.615. The number of nitrogens with two attached hydrogens (primary N) is 1. The van der Waals surface area contributed by atoms with Crippen LogP contribution in [0, 0.1) is 5.82 Å². The van der Waals surface area contributed by atoms with Crippen LogP contribution in [-0.2, 0) is 4.79 Å². The zero-order valence-electron chi connectivity index (χ0n) is 11.8. The maximum atomic E-state index is 13.3. The number of halogens is 1. The average Bonchev–Trinajstić information content (AvgIpc) is 2.71. The van der Waals surface area contributed by atoms with Gasteiger partial charge in [-0.15, -0.1) is 0 Å². The van der Waals surface area contributed by atoms with Crippen LogP contribution < -0.4 is 10.5 Å². The molecule has 1 heterocycles. The number of likely N-dealkylation sites (tertiary alicyclic amines) is 1. The number of hydrogen-bond donors (Lipinski definition) is 1. The van der Waals surface area contributed by atoms with Gasteiger partial charge in [0.05, 0.1) is 5.69 Å². The third-order valence-electron chi connectivity index (χ3n) is 3.55. The molecule has 1 aromatic rings. The van der Waals surface area contributed by atoms with Gasteiger partial charge in [0.1, 0.15) is 11.6 Å². The van der Waals surface area contributed by atoms with Gasteiger partial charge >= 0.3 is 0 Å². The maximum absolute atomic E-state index is 13.3. The van der Waals surface area contributed by atoms with Gasteiger partial charge in [0.25, 0.3) is 5.91 Å². The number of rotatable bonds is 3. The predicted molar refractivity (Wildman–Crippen MR) is 76.0 cm³/mol. The molecule has 2 rings (SSSR count). The van der Waals surface area contributed by atoms with Crippen molar-refractivity contribution < 1.29 is 13.9 Å². The predicted octanol–water partition coefficient (Wildman–Crippen LogP) is 2.58. The van der Waals surface area contributed by atoms with E-state index in [1.54, 1.807) is 13.0 Å². The monoisotopic (exact) mass is 280 g/mol. The number of nitrogen functional groups attached to an aromatic ring is 1. The van der Waals surface area contributed by atoms with Gasteiger partial charge in [0.15, 0.2) is 6.10 Å². The summed E-state index contributed by atoms with van der Waals surface area (Å²) in [6.07, 6.45) is 3.80. The van der Waals surface area contributed by atoms with Crippen LogP contribution in [0.4, 0.5) is 10.1 Å². The van der Waals surface area contributed by atoms with Crippen molar-refractivity contribution in [1.82, 2.24) is 4.90 Å². The van der Waals surface area contributed by atoms with E-state index in [1.165, 1.54) is 25.0 Å². The van der Waals surface area contributed by atoms with E-state index >= 15 is 0 Å². The van der Waals surface area contributed by atoms with E-state index in [4.69, 9.17) is 10.5 Å². The smallest absolute Gasteiger partial charge is 0.263 e. The van der Waals surface area contributed by atoms with E-state index in [0.29, 0.717) is 5.75 Å². The second-order valence-corrected chi connectivity index (χ2v) is 5.18. The molecule has 1 atom stereocenters. The molecule has 5 heteroatoms. The van der Waals surface area contributed by atoms with Crippen LogP contribution in [0.15, 0.2) is 18.2 Å². The molecule has 4 nitrogen and oxygen atoms in total. The molecule has 20 heavy (non-hydrogen) atoms. The quantitative estimate of drug-likeness (QED) is 0.866. The van der Waals surface area contributed by atoms with Crippen molar-refractivity contribution in [2.75, 3.05) is 18.8 Å². The number of carbonyl (C=O) groups is 1. The topological polar surface area (TPSA) is 55.6 Å². The largest absolute Gasteiger partial charge is 0.481 e. The first-order valence-corrected chi connectivity index (χ1v) is 7.08. The average molecular weight is 280 g/mol. The molecule has 0 saturated carbocycles. The number of benzene rings is 1. The summed E-state index contributed by atoms with van der Waals surface area (Å²) in [6.45, 7) is 3.26. The van der Waals surface area contributed by atoms with E-state index in [2.05, 4.69) is 0 Å². The van der Waals surface area contributed by atoms with Crippen molar-refractivity contribution in [3.8, 4) is 5.75 Å². The van der Waals surface area contributed by atoms with E-state index in [-0.39, 0.29) is 11.6 Å². The Kier molecular flexibility index (Phi) is 4.82. The van der Waals surface area contributed by atoms with Gasteiger partial charge in [0.2, 0.25) is 0 Å². The van der Waals surface area contributed by atoms with Crippen LogP contribution in [0.1, 0.15) is 32.6 Å². The molecule has 1 amide bonds. The fraction of sp³-hybridized carbons (Fsp3) is 0.533. The number of hydrogen-bond acceptors (Lipinski definition) is 3. The molecule has 1 fully saturated rings. The van der Waals surface area contributed by atoms with Gasteiger partial charge in [0, 0.05) is 19.2 Å². The van der Waals surface area contributed by atoms with Gasteiger partial charge in [-0.1, -0.05) is 12.8 Å². The first-order valence-electron chi connectivity index (χ1n) is 7.08. The fourth-order valence-corrected chi connectivity index (χ4v) is 2.38. The Balaban J connectivity index is 1.97. The lowest BCUT2D eigenvalue weighted by atomic mass is 10.2. The standard InChI is InChI=1S/C15H21FN2O2/c1-11(15(19)18-8-4-2-3-5-9-18)20-12-6-7-14(17)13(16)10-12/h6-7,10-11H,2-5,8-9,17H2,1H3. The van der Waals surface area contributed by atoms with E-state index in [0.717, 1.165) is 25.9 Å². The summed E-state index contributed by atoms with van der Waals surface area (Å²) in [5.41, 5.74) is 5.48. The summed E-state index contributed by atoms with van der Waals surface area (Å²) in [7, 11) is 0. The SMILES string of the molecule is CC(Oc1ccc(N)c(F)c1)C(=O)N1CCCCCC1. The van der Waals surface area contributed by atoms with Crippen molar-refractivity contribution in [3.05, 3.63) is 24.0 Å². The molecule has 1 aliphatic rings. The molecule has 1 saturated heterocycles. The lowest BCUT2D eigenvalue weighted by molar-refractivity contribution is -0.137. The zero-order valence-corrected chi connectivity index (χ0v) is 11.8. The Hall–Kier alpha value is -1.78. The molecular weight excluding hydrogens is 259 g/mol. The number of amides is 1. The second kappa shape index (κ2) is 6.59. The summed E-state index contributed by atoms with van der Waals surface area (Å²) < 4.78 is 18.9. The summed E-state index contributed by atoms with van der Waals surface area (Å²) in [6, 6.07) is 4.22. The first kappa shape index (κ1) is 14.6. The van der Waals surface area contributed by atoms with Crippen LogP contribution in [0.25, 0.3) is 0 Å².